The number of rotatable bonds is 0. The molecule has 7 heavy (non-hydrogen) atoms. The Kier molecular flexibility index (Phi) is 0.833. The normalized spacial score (nSPS) is 7.86. The fourth-order valence-electron chi connectivity index (χ4n) is 0.336. The van der Waals surface area contributed by atoms with Crippen LogP contribution in [0.1, 0.15) is 5.69 Å². The smallest absolute Gasteiger partial charge is 0.107 e. The molecule has 1 rings (SSSR count). The molecular weight excluding hydrogens is 88.1 g/mol. The SMILES string of the molecule is C#Cc1ccn[nH]1. The van der Waals surface area contributed by atoms with Crippen molar-refractivity contribution in [3.8, 4) is 12.3 Å². The van der Waals surface area contributed by atoms with Gasteiger partial charge >= 0.3 is 0 Å². The molecule has 2 heteroatoms. The molecule has 0 fully saturated rings. The Bertz CT molecular complexity index is 168. The van der Waals surface area contributed by atoms with Crippen LogP contribution in [0.5, 0.6) is 0 Å². The fourth-order valence-corrected chi connectivity index (χ4v) is 0.336. The molecule has 0 aliphatic carbocycles. The zero-order valence-electron chi connectivity index (χ0n) is 3.68. The summed E-state index contributed by atoms with van der Waals surface area (Å²) in [4.78, 5) is 0. The van der Waals surface area contributed by atoms with Crippen molar-refractivity contribution in [3.63, 3.8) is 0 Å². The number of nitrogens with one attached hydrogen (secondary N) is 1. The van der Waals surface area contributed by atoms with Crippen molar-refractivity contribution in [1.82, 2.24) is 10.2 Å². The van der Waals surface area contributed by atoms with Crippen LogP contribution in [0.2, 0.25) is 0 Å². The molecule has 0 spiro atoms. The van der Waals surface area contributed by atoms with Gasteiger partial charge in [-0.3, -0.25) is 5.10 Å². The molecule has 0 aliphatic rings. The third-order valence-electron chi connectivity index (χ3n) is 0.656. The van der Waals surface area contributed by atoms with Crippen molar-refractivity contribution in [2.75, 3.05) is 0 Å². The first-order chi connectivity index (χ1) is 3.43. The lowest BCUT2D eigenvalue weighted by Crippen LogP contribution is -1.68. The van der Waals surface area contributed by atoms with Gasteiger partial charge in [0.2, 0.25) is 0 Å². The maximum absolute atomic E-state index is 4.97. The summed E-state index contributed by atoms with van der Waals surface area (Å²) in [6.07, 6.45) is 6.59. The maximum atomic E-state index is 4.97. The van der Waals surface area contributed by atoms with Gasteiger partial charge in [0.15, 0.2) is 0 Å². The number of aromatic amines is 1. The highest BCUT2D eigenvalue weighted by molar-refractivity contribution is 5.20. The molecule has 1 aromatic rings. The van der Waals surface area contributed by atoms with E-state index < -0.39 is 0 Å². The van der Waals surface area contributed by atoms with Gasteiger partial charge in [0.1, 0.15) is 5.69 Å². The van der Waals surface area contributed by atoms with Crippen molar-refractivity contribution in [1.29, 1.82) is 0 Å². The van der Waals surface area contributed by atoms with Gasteiger partial charge in [0.05, 0.1) is 0 Å². The molecule has 0 saturated heterocycles. The Labute approximate surface area is 41.6 Å². The fraction of sp³-hybridized carbons (Fsp3) is 0. The van der Waals surface area contributed by atoms with Gasteiger partial charge in [0, 0.05) is 6.20 Å². The third kappa shape index (κ3) is 0.606. The molecule has 0 atom stereocenters. The van der Waals surface area contributed by atoms with Crippen LogP contribution in [0, 0.1) is 12.3 Å². The van der Waals surface area contributed by atoms with E-state index in [1.807, 2.05) is 0 Å². The van der Waals surface area contributed by atoms with Gasteiger partial charge in [-0.15, -0.1) is 6.42 Å². The Hall–Kier alpha value is -1.23. The minimum absolute atomic E-state index is 0.722. The monoisotopic (exact) mass is 92.0 g/mol. The van der Waals surface area contributed by atoms with E-state index in [2.05, 4.69) is 16.1 Å². The standard InChI is InChI=1S/C5H4N2/c1-2-5-3-4-6-7-5/h1,3-4H,(H,6,7). The van der Waals surface area contributed by atoms with Crippen LogP contribution < -0.4 is 0 Å². The zero-order chi connectivity index (χ0) is 5.11. The summed E-state index contributed by atoms with van der Waals surface area (Å²) in [7, 11) is 0. The molecule has 2 nitrogen and oxygen atoms in total. The summed E-state index contributed by atoms with van der Waals surface area (Å²) in [6, 6.07) is 1.74. The molecule has 0 saturated carbocycles. The van der Waals surface area contributed by atoms with Crippen molar-refractivity contribution in [2.45, 2.75) is 0 Å². The first kappa shape index (κ1) is 3.94. The van der Waals surface area contributed by atoms with Crippen LogP contribution in [0.25, 0.3) is 0 Å². The summed E-state index contributed by atoms with van der Waals surface area (Å²) >= 11 is 0. The van der Waals surface area contributed by atoms with Gasteiger partial charge in [-0.2, -0.15) is 5.10 Å². The molecule has 0 radical (unpaired) electrons. The molecule has 34 valence electrons. The number of hydrogen-bond donors (Lipinski definition) is 1. The summed E-state index contributed by atoms with van der Waals surface area (Å²) < 4.78 is 0. The average Bonchev–Trinajstić information content (AvgIpc) is 2.14. The zero-order valence-corrected chi connectivity index (χ0v) is 3.68. The van der Waals surface area contributed by atoms with Gasteiger partial charge in [-0.1, -0.05) is 5.92 Å². The summed E-state index contributed by atoms with van der Waals surface area (Å²) in [5, 5.41) is 6.23. The van der Waals surface area contributed by atoms with E-state index in [1.54, 1.807) is 12.3 Å². The summed E-state index contributed by atoms with van der Waals surface area (Å²) in [5.74, 6) is 2.39. The first-order valence-corrected chi connectivity index (χ1v) is 1.89. The Morgan fingerprint density at radius 2 is 2.71 bits per heavy atom. The van der Waals surface area contributed by atoms with Crippen molar-refractivity contribution in [2.24, 2.45) is 0 Å². The number of H-pyrrole nitrogens is 1. The maximum Gasteiger partial charge on any atom is 0.107 e. The van der Waals surface area contributed by atoms with Crippen LogP contribution in [0.3, 0.4) is 0 Å². The molecule has 0 aliphatic heterocycles. The van der Waals surface area contributed by atoms with E-state index in [9.17, 15) is 0 Å². The average molecular weight is 92.1 g/mol. The molecule has 1 N–H and O–H groups in total. The van der Waals surface area contributed by atoms with E-state index in [0.29, 0.717) is 0 Å². The molecule has 1 aromatic heterocycles. The molecule has 0 unspecified atom stereocenters. The number of hydrogen-bond acceptors (Lipinski definition) is 1. The largest absolute Gasteiger partial charge is 0.270 e. The minimum Gasteiger partial charge on any atom is -0.270 e. The highest BCUT2D eigenvalue weighted by Crippen LogP contribution is 1.83. The van der Waals surface area contributed by atoms with Crippen LogP contribution in [-0.2, 0) is 0 Å². The van der Waals surface area contributed by atoms with Gasteiger partial charge in [-0.05, 0) is 6.07 Å². The molecular formula is C5H4N2. The van der Waals surface area contributed by atoms with E-state index in [4.69, 9.17) is 6.42 Å². The number of aromatic nitrogens is 2. The van der Waals surface area contributed by atoms with E-state index in [1.165, 1.54) is 0 Å². The lowest BCUT2D eigenvalue weighted by atomic mass is 10.5. The van der Waals surface area contributed by atoms with Crippen molar-refractivity contribution in [3.05, 3.63) is 18.0 Å². The van der Waals surface area contributed by atoms with Gasteiger partial charge in [0.25, 0.3) is 0 Å². The molecule has 0 aromatic carbocycles. The highest BCUT2D eigenvalue weighted by Gasteiger charge is 1.78. The lowest BCUT2D eigenvalue weighted by molar-refractivity contribution is 1.08. The van der Waals surface area contributed by atoms with E-state index in [-0.39, 0.29) is 0 Å². The van der Waals surface area contributed by atoms with Gasteiger partial charge in [-0.25, -0.2) is 0 Å². The predicted molar refractivity (Wildman–Crippen MR) is 26.5 cm³/mol. The van der Waals surface area contributed by atoms with Crippen LogP contribution in [-0.4, -0.2) is 10.2 Å². The second-order valence-electron chi connectivity index (χ2n) is 1.11. The van der Waals surface area contributed by atoms with Crippen LogP contribution in [0.15, 0.2) is 12.3 Å². The highest BCUT2D eigenvalue weighted by atomic mass is 15.1. The lowest BCUT2D eigenvalue weighted by Gasteiger charge is -1.68. The molecule has 0 amide bonds. The quantitative estimate of drug-likeness (QED) is 0.461. The molecule has 1 heterocycles. The Morgan fingerprint density at radius 1 is 1.86 bits per heavy atom. The second kappa shape index (κ2) is 1.48. The summed E-state index contributed by atoms with van der Waals surface area (Å²) in [5.41, 5.74) is 0.722. The number of nitrogens with zero attached hydrogens (tertiary/aromatic N) is 1. The predicted octanol–water partition coefficient (Wildman–Crippen LogP) is 0.391. The Balaban J connectivity index is 3.04. The van der Waals surface area contributed by atoms with E-state index in [0.717, 1.165) is 5.69 Å². The minimum atomic E-state index is 0.722. The number of terminal acetylenes is 1. The summed E-state index contributed by atoms with van der Waals surface area (Å²) in [6.45, 7) is 0. The van der Waals surface area contributed by atoms with Crippen LogP contribution >= 0.6 is 0 Å². The first-order valence-electron chi connectivity index (χ1n) is 1.89. The Morgan fingerprint density at radius 3 is 3.00 bits per heavy atom. The van der Waals surface area contributed by atoms with Gasteiger partial charge < -0.3 is 0 Å². The second-order valence-corrected chi connectivity index (χ2v) is 1.11. The van der Waals surface area contributed by atoms with Crippen LogP contribution in [0.4, 0.5) is 0 Å². The third-order valence-corrected chi connectivity index (χ3v) is 0.656. The van der Waals surface area contributed by atoms with Crippen molar-refractivity contribution >= 4 is 0 Å². The van der Waals surface area contributed by atoms with E-state index >= 15 is 0 Å². The van der Waals surface area contributed by atoms with Crippen molar-refractivity contribution < 1.29 is 0 Å². The topological polar surface area (TPSA) is 28.7 Å². The molecule has 0 bridgehead atoms.